The molecule has 0 saturated heterocycles. The van der Waals surface area contributed by atoms with Gasteiger partial charge in [0, 0.05) is 12.2 Å². The van der Waals surface area contributed by atoms with Gasteiger partial charge in [-0.15, -0.1) is 0 Å². The lowest BCUT2D eigenvalue weighted by Gasteiger charge is -2.16. The monoisotopic (exact) mass is 323 g/mol. The van der Waals surface area contributed by atoms with E-state index in [1.54, 1.807) is 19.2 Å². The lowest BCUT2D eigenvalue weighted by atomic mass is 10.2. The predicted molar refractivity (Wildman–Crippen MR) is 87.5 cm³/mol. The third kappa shape index (κ3) is 4.28. The van der Waals surface area contributed by atoms with E-state index in [-0.39, 0.29) is 11.9 Å². The molecule has 2 aromatic rings. The summed E-state index contributed by atoms with van der Waals surface area (Å²) in [5, 5.41) is 3.71. The molecule has 2 rings (SSSR count). The van der Waals surface area contributed by atoms with Crippen LogP contribution in [0.15, 0.2) is 36.4 Å². The molecule has 118 valence electrons. The van der Waals surface area contributed by atoms with Crippen molar-refractivity contribution in [3.63, 3.8) is 0 Å². The van der Waals surface area contributed by atoms with Crippen LogP contribution in [0.5, 0.6) is 11.5 Å². The quantitative estimate of drug-likeness (QED) is 0.821. The average molecular weight is 324 g/mol. The largest absolute Gasteiger partial charge is 0.493 e. The minimum absolute atomic E-state index is 0.00888. The number of nitrogens with one attached hydrogen (secondary N) is 1. The molecule has 0 aliphatic carbocycles. The highest BCUT2D eigenvalue weighted by atomic mass is 35.5. The second-order valence-corrected chi connectivity index (χ2v) is 5.54. The summed E-state index contributed by atoms with van der Waals surface area (Å²) >= 11 is 6.28. The Bertz CT molecular complexity index is 629. The molecule has 0 bridgehead atoms. The molecule has 5 heteroatoms. The van der Waals surface area contributed by atoms with E-state index in [2.05, 4.69) is 5.32 Å². The highest BCUT2D eigenvalue weighted by Gasteiger charge is 2.13. The van der Waals surface area contributed by atoms with E-state index in [4.69, 9.17) is 21.1 Å². The summed E-state index contributed by atoms with van der Waals surface area (Å²) in [6.45, 7) is 4.41. The molecule has 1 N–H and O–H groups in total. The summed E-state index contributed by atoms with van der Waals surface area (Å²) in [6.07, 6.45) is 0.00888. The Morgan fingerprint density at radius 2 is 1.86 bits per heavy atom. The molecule has 0 atom stereocenters. The summed E-state index contributed by atoms with van der Waals surface area (Å²) in [5.41, 5.74) is 1.78. The zero-order valence-electron chi connectivity index (χ0n) is 12.8. The van der Waals surface area contributed by atoms with Crippen LogP contribution in [0.2, 0.25) is 5.02 Å². The number of rotatable bonds is 6. The van der Waals surface area contributed by atoms with Crippen molar-refractivity contribution < 1.29 is 13.9 Å². The first-order valence-electron chi connectivity index (χ1n) is 7.02. The van der Waals surface area contributed by atoms with E-state index < -0.39 is 0 Å². The SMILES string of the molecule is COc1cc(CNc2ccc(F)cc2)cc(Cl)c1OC(C)C. The van der Waals surface area contributed by atoms with Crippen molar-refractivity contribution in [1.82, 2.24) is 0 Å². The van der Waals surface area contributed by atoms with Crippen LogP contribution in [0.25, 0.3) is 0 Å². The van der Waals surface area contributed by atoms with Gasteiger partial charge < -0.3 is 14.8 Å². The zero-order valence-corrected chi connectivity index (χ0v) is 13.6. The third-order valence-electron chi connectivity index (χ3n) is 2.98. The van der Waals surface area contributed by atoms with Crippen molar-refractivity contribution in [3.05, 3.63) is 52.8 Å². The number of ether oxygens (including phenoxy) is 2. The topological polar surface area (TPSA) is 30.5 Å². The summed E-state index contributed by atoms with van der Waals surface area (Å²) in [7, 11) is 1.58. The van der Waals surface area contributed by atoms with Gasteiger partial charge in [-0.3, -0.25) is 0 Å². The first kappa shape index (κ1) is 16.4. The molecule has 22 heavy (non-hydrogen) atoms. The molecule has 0 spiro atoms. The minimum Gasteiger partial charge on any atom is -0.493 e. The van der Waals surface area contributed by atoms with E-state index in [0.29, 0.717) is 23.1 Å². The van der Waals surface area contributed by atoms with Gasteiger partial charge in [0.25, 0.3) is 0 Å². The summed E-state index contributed by atoms with van der Waals surface area (Å²) in [4.78, 5) is 0. The van der Waals surface area contributed by atoms with Crippen LogP contribution >= 0.6 is 11.6 Å². The van der Waals surface area contributed by atoms with Gasteiger partial charge in [0.2, 0.25) is 0 Å². The van der Waals surface area contributed by atoms with Gasteiger partial charge in [0.15, 0.2) is 11.5 Å². The van der Waals surface area contributed by atoms with E-state index in [0.717, 1.165) is 11.3 Å². The van der Waals surface area contributed by atoms with Crippen molar-refractivity contribution in [2.75, 3.05) is 12.4 Å². The van der Waals surface area contributed by atoms with Crippen molar-refractivity contribution in [2.45, 2.75) is 26.5 Å². The molecule has 2 aromatic carbocycles. The molecule has 0 saturated carbocycles. The lowest BCUT2D eigenvalue weighted by molar-refractivity contribution is 0.230. The molecule has 0 aliphatic rings. The minimum atomic E-state index is -0.259. The van der Waals surface area contributed by atoms with Crippen molar-refractivity contribution in [3.8, 4) is 11.5 Å². The van der Waals surface area contributed by atoms with Gasteiger partial charge in [-0.25, -0.2) is 4.39 Å². The Labute approximate surface area is 135 Å². The van der Waals surface area contributed by atoms with Crippen molar-refractivity contribution >= 4 is 17.3 Å². The van der Waals surface area contributed by atoms with Gasteiger partial charge in [-0.05, 0) is 55.8 Å². The zero-order chi connectivity index (χ0) is 16.1. The molecule has 3 nitrogen and oxygen atoms in total. The molecule has 0 fully saturated rings. The Morgan fingerprint density at radius 3 is 2.45 bits per heavy atom. The number of anilines is 1. The van der Waals surface area contributed by atoms with Crippen LogP contribution in [-0.4, -0.2) is 13.2 Å². The van der Waals surface area contributed by atoms with Gasteiger partial charge in [0.1, 0.15) is 5.82 Å². The molecular formula is C17H19ClFNO2. The predicted octanol–water partition coefficient (Wildman–Crippen LogP) is 4.89. The van der Waals surface area contributed by atoms with Crippen molar-refractivity contribution in [2.24, 2.45) is 0 Å². The van der Waals surface area contributed by atoms with Gasteiger partial charge in [-0.2, -0.15) is 0 Å². The Balaban J connectivity index is 2.14. The molecular weight excluding hydrogens is 305 g/mol. The molecule has 0 radical (unpaired) electrons. The normalized spacial score (nSPS) is 10.6. The number of benzene rings is 2. The average Bonchev–Trinajstić information content (AvgIpc) is 2.48. The number of halogens is 2. The fourth-order valence-electron chi connectivity index (χ4n) is 2.00. The number of hydrogen-bond donors (Lipinski definition) is 1. The van der Waals surface area contributed by atoms with Gasteiger partial charge in [-0.1, -0.05) is 11.6 Å². The fraction of sp³-hybridized carbons (Fsp3) is 0.294. The second-order valence-electron chi connectivity index (χ2n) is 5.14. The lowest BCUT2D eigenvalue weighted by Crippen LogP contribution is -2.08. The van der Waals surface area contributed by atoms with Crippen LogP contribution in [0.1, 0.15) is 19.4 Å². The van der Waals surface area contributed by atoms with E-state index >= 15 is 0 Å². The van der Waals surface area contributed by atoms with Gasteiger partial charge in [0.05, 0.1) is 18.2 Å². The number of hydrogen-bond acceptors (Lipinski definition) is 3. The maximum absolute atomic E-state index is 12.9. The highest BCUT2D eigenvalue weighted by Crippen LogP contribution is 2.37. The Hall–Kier alpha value is -1.94. The number of methoxy groups -OCH3 is 1. The molecule has 0 amide bonds. The second kappa shape index (κ2) is 7.36. The van der Waals surface area contributed by atoms with Crippen LogP contribution in [0.4, 0.5) is 10.1 Å². The fourth-order valence-corrected chi connectivity index (χ4v) is 2.28. The van der Waals surface area contributed by atoms with Crippen LogP contribution < -0.4 is 14.8 Å². The molecule has 0 aliphatic heterocycles. The maximum Gasteiger partial charge on any atom is 0.180 e. The van der Waals surface area contributed by atoms with Crippen LogP contribution in [-0.2, 0) is 6.54 Å². The van der Waals surface area contributed by atoms with Gasteiger partial charge >= 0.3 is 0 Å². The first-order chi connectivity index (χ1) is 10.5. The molecule has 0 aromatic heterocycles. The van der Waals surface area contributed by atoms with E-state index in [1.165, 1.54) is 12.1 Å². The Kier molecular flexibility index (Phi) is 5.50. The Morgan fingerprint density at radius 1 is 1.18 bits per heavy atom. The molecule has 0 unspecified atom stereocenters. The smallest absolute Gasteiger partial charge is 0.180 e. The summed E-state index contributed by atoms with van der Waals surface area (Å²) in [6, 6.07) is 9.90. The van der Waals surface area contributed by atoms with E-state index in [9.17, 15) is 4.39 Å². The van der Waals surface area contributed by atoms with Crippen molar-refractivity contribution in [1.29, 1.82) is 0 Å². The van der Waals surface area contributed by atoms with E-state index in [1.807, 2.05) is 26.0 Å². The van der Waals surface area contributed by atoms with Crippen LogP contribution in [0, 0.1) is 5.82 Å². The maximum atomic E-state index is 12.9. The first-order valence-corrected chi connectivity index (χ1v) is 7.40. The third-order valence-corrected chi connectivity index (χ3v) is 3.26. The van der Waals surface area contributed by atoms with Crippen LogP contribution in [0.3, 0.4) is 0 Å². The summed E-state index contributed by atoms with van der Waals surface area (Å²) < 4.78 is 23.9. The standard InChI is InChI=1S/C17H19ClFNO2/c1-11(2)22-17-15(18)8-12(9-16(17)21-3)10-20-14-6-4-13(19)5-7-14/h4-9,11,20H,10H2,1-3H3. The summed E-state index contributed by atoms with van der Waals surface area (Å²) in [5.74, 6) is 0.882. The molecule has 0 heterocycles. The highest BCUT2D eigenvalue weighted by molar-refractivity contribution is 6.32.